The van der Waals surface area contributed by atoms with E-state index in [1.165, 1.54) is 11.0 Å². The molecule has 2 atom stereocenters. The number of alkyl halides is 3. The van der Waals surface area contributed by atoms with Crippen molar-refractivity contribution in [2.75, 3.05) is 18.0 Å². The molecule has 2 aliphatic rings. The van der Waals surface area contributed by atoms with Crippen LogP contribution in [0.25, 0.3) is 28.1 Å². The number of hydrogen-bond acceptors (Lipinski definition) is 6. The average molecular weight is 606 g/mol. The van der Waals surface area contributed by atoms with Crippen LogP contribution in [0.4, 0.5) is 23.8 Å². The lowest BCUT2D eigenvalue weighted by atomic mass is 9.73. The summed E-state index contributed by atoms with van der Waals surface area (Å²) in [6.45, 7) is 5.91. The summed E-state index contributed by atoms with van der Waals surface area (Å²) in [6, 6.07) is 12.1. The molecule has 0 spiro atoms. The van der Waals surface area contributed by atoms with Gasteiger partial charge >= 0.3 is 12.2 Å². The summed E-state index contributed by atoms with van der Waals surface area (Å²) < 4.78 is 45.6. The minimum absolute atomic E-state index is 0.117. The Balaban J connectivity index is 1.35. The quantitative estimate of drug-likeness (QED) is 0.302. The number of H-pyrrole nitrogens is 1. The van der Waals surface area contributed by atoms with Gasteiger partial charge in [-0.3, -0.25) is 9.69 Å². The molecular formula is C31H30F3N7O3. The van der Waals surface area contributed by atoms with E-state index in [-0.39, 0.29) is 24.6 Å². The van der Waals surface area contributed by atoms with E-state index in [2.05, 4.69) is 20.3 Å². The van der Waals surface area contributed by atoms with Crippen molar-refractivity contribution in [2.24, 2.45) is 17.6 Å². The Labute approximate surface area is 250 Å². The summed E-state index contributed by atoms with van der Waals surface area (Å²) in [5.41, 5.74) is 7.73. The van der Waals surface area contributed by atoms with Crippen LogP contribution < -0.4 is 10.6 Å². The maximum atomic E-state index is 14.3. The number of allylic oxidation sites excluding steroid dienone is 2. The normalized spacial score (nSPS) is 18.9. The number of anilines is 1. The third kappa shape index (κ3) is 5.22. The lowest BCUT2D eigenvalue weighted by Gasteiger charge is -2.43. The molecule has 228 valence electrons. The zero-order valence-electron chi connectivity index (χ0n) is 24.2. The molecule has 10 nitrogen and oxygen atoms in total. The monoisotopic (exact) mass is 605 g/mol. The molecule has 1 aliphatic heterocycles. The molecule has 1 saturated heterocycles. The predicted molar refractivity (Wildman–Crippen MR) is 157 cm³/mol. The summed E-state index contributed by atoms with van der Waals surface area (Å²) in [5, 5.41) is 8.16. The number of nitrogens with one attached hydrogen (secondary N) is 1. The number of nitrogens with zero attached hydrogens (tertiary/aromatic N) is 5. The van der Waals surface area contributed by atoms with Crippen molar-refractivity contribution in [3.05, 3.63) is 77.4 Å². The zero-order chi connectivity index (χ0) is 31.4. The molecule has 6 rings (SSSR count). The van der Waals surface area contributed by atoms with E-state index < -0.39 is 41.1 Å². The highest BCUT2D eigenvalue weighted by Gasteiger charge is 2.42. The van der Waals surface area contributed by atoms with Crippen molar-refractivity contribution in [3.63, 3.8) is 0 Å². The highest BCUT2D eigenvalue weighted by molar-refractivity contribution is 5.96. The highest BCUT2D eigenvalue weighted by atomic mass is 19.4. The van der Waals surface area contributed by atoms with Crippen LogP contribution in [0.2, 0.25) is 0 Å². The highest BCUT2D eigenvalue weighted by Crippen LogP contribution is 2.42. The van der Waals surface area contributed by atoms with Crippen LogP contribution in [0, 0.1) is 11.8 Å². The first-order valence-corrected chi connectivity index (χ1v) is 14.1. The van der Waals surface area contributed by atoms with Crippen molar-refractivity contribution in [1.29, 1.82) is 0 Å². The van der Waals surface area contributed by atoms with Crippen molar-refractivity contribution < 1.29 is 27.4 Å². The SMILES string of the molecule is CC(C)(C)N(C(=O)N1CCC2=C(c3cccc(C(F)(F)F)c3)C=CC(C(N)=O)C2C1)c1nonc1-c1nc2ccccc2[nH]1. The van der Waals surface area contributed by atoms with Crippen molar-refractivity contribution in [2.45, 2.75) is 38.9 Å². The number of piperidine rings is 1. The number of primary amides is 1. The fourth-order valence-corrected chi connectivity index (χ4v) is 5.98. The van der Waals surface area contributed by atoms with Gasteiger partial charge in [0.1, 0.15) is 0 Å². The second kappa shape index (κ2) is 10.6. The van der Waals surface area contributed by atoms with Crippen LogP contribution in [-0.4, -0.2) is 55.7 Å². The van der Waals surface area contributed by atoms with Crippen LogP contribution in [0.5, 0.6) is 0 Å². The number of urea groups is 1. The van der Waals surface area contributed by atoms with E-state index in [0.717, 1.165) is 23.2 Å². The van der Waals surface area contributed by atoms with Crippen LogP contribution in [-0.2, 0) is 11.0 Å². The van der Waals surface area contributed by atoms with Gasteiger partial charge in [-0.2, -0.15) is 13.2 Å². The van der Waals surface area contributed by atoms with E-state index in [1.807, 2.05) is 45.0 Å². The Morgan fingerprint density at radius 2 is 1.86 bits per heavy atom. The maximum Gasteiger partial charge on any atom is 0.416 e. The standard InChI is InChI=1S/C31H30F3N7O3/c1-30(2,3)41(28-25(38-44-39-28)27-36-23-9-4-5-10-24(23)37-27)29(43)40-14-13-20-19(11-12-21(26(35)42)22(20)16-40)17-7-6-8-18(15-17)31(32,33)34/h4-12,15,21-22H,13-14,16H2,1-3H3,(H2,35,42)(H,36,37). The van der Waals surface area contributed by atoms with Crippen molar-refractivity contribution in [1.82, 2.24) is 25.2 Å². The molecule has 2 unspecified atom stereocenters. The average Bonchev–Trinajstić information content (AvgIpc) is 3.62. The van der Waals surface area contributed by atoms with Gasteiger partial charge in [-0.25, -0.2) is 14.4 Å². The summed E-state index contributed by atoms with van der Waals surface area (Å²) in [4.78, 5) is 37.7. The first-order chi connectivity index (χ1) is 20.8. The van der Waals surface area contributed by atoms with E-state index in [0.29, 0.717) is 28.9 Å². The number of halogens is 3. The van der Waals surface area contributed by atoms with Crippen LogP contribution >= 0.6 is 0 Å². The molecule has 1 fully saturated rings. The lowest BCUT2D eigenvalue weighted by molar-refractivity contribution is -0.137. The number of nitrogens with two attached hydrogens (primary N) is 1. The number of aromatic amines is 1. The largest absolute Gasteiger partial charge is 0.416 e. The molecule has 3 heterocycles. The molecule has 4 aromatic rings. The first-order valence-electron chi connectivity index (χ1n) is 14.1. The van der Waals surface area contributed by atoms with Crippen molar-refractivity contribution in [3.8, 4) is 11.5 Å². The number of fused-ring (bicyclic) bond motifs is 2. The molecule has 3 amide bonds. The minimum Gasteiger partial charge on any atom is -0.369 e. The van der Waals surface area contributed by atoms with Gasteiger partial charge in [-0.15, -0.1) is 0 Å². The van der Waals surface area contributed by atoms with Gasteiger partial charge in [-0.1, -0.05) is 42.0 Å². The third-order valence-electron chi connectivity index (χ3n) is 8.02. The van der Waals surface area contributed by atoms with E-state index in [9.17, 15) is 22.8 Å². The predicted octanol–water partition coefficient (Wildman–Crippen LogP) is 5.80. The van der Waals surface area contributed by atoms with Crippen molar-refractivity contribution >= 4 is 34.4 Å². The fourth-order valence-electron chi connectivity index (χ4n) is 5.98. The maximum absolute atomic E-state index is 14.3. The van der Waals surface area contributed by atoms with Crippen LogP contribution in [0.15, 0.2) is 70.9 Å². The molecular weight excluding hydrogens is 575 g/mol. The Bertz CT molecular complexity index is 1780. The minimum atomic E-state index is -4.50. The number of carbonyl (C=O) groups is 2. The molecule has 1 aliphatic carbocycles. The third-order valence-corrected chi connectivity index (χ3v) is 8.02. The summed E-state index contributed by atoms with van der Waals surface area (Å²) in [7, 11) is 0. The summed E-state index contributed by atoms with van der Waals surface area (Å²) in [5.74, 6) is -1.29. The fraction of sp³-hybridized carbons (Fsp3) is 0.323. The van der Waals surface area contributed by atoms with Gasteiger partial charge < -0.3 is 15.6 Å². The van der Waals surface area contributed by atoms with Crippen LogP contribution in [0.1, 0.15) is 38.3 Å². The Hall–Kier alpha value is -4.94. The van der Waals surface area contributed by atoms with Gasteiger partial charge in [-0.05, 0) is 72.9 Å². The van der Waals surface area contributed by atoms with Gasteiger partial charge in [0.25, 0.3) is 0 Å². The molecule has 0 saturated carbocycles. The van der Waals surface area contributed by atoms with Gasteiger partial charge in [0.15, 0.2) is 11.5 Å². The number of aromatic nitrogens is 4. The zero-order valence-corrected chi connectivity index (χ0v) is 24.2. The number of imidazole rings is 1. The number of rotatable bonds is 4. The van der Waals surface area contributed by atoms with Gasteiger partial charge in [0.05, 0.1) is 22.5 Å². The smallest absolute Gasteiger partial charge is 0.369 e. The molecule has 2 aromatic heterocycles. The molecule has 44 heavy (non-hydrogen) atoms. The molecule has 0 radical (unpaired) electrons. The summed E-state index contributed by atoms with van der Waals surface area (Å²) in [6.07, 6.45) is -0.890. The number of carbonyl (C=O) groups excluding carboxylic acids is 2. The number of amides is 3. The number of para-hydroxylation sites is 2. The lowest BCUT2D eigenvalue weighted by Crippen LogP contribution is -2.56. The molecule has 13 heteroatoms. The Morgan fingerprint density at radius 3 is 2.57 bits per heavy atom. The van der Waals surface area contributed by atoms with Gasteiger partial charge in [0, 0.05) is 24.5 Å². The molecule has 3 N–H and O–H groups in total. The van der Waals surface area contributed by atoms with Gasteiger partial charge in [0.2, 0.25) is 11.7 Å². The number of benzene rings is 2. The number of likely N-dealkylation sites (tertiary alicyclic amines) is 1. The second-order valence-electron chi connectivity index (χ2n) is 11.9. The molecule has 2 aromatic carbocycles. The Kier molecular flexibility index (Phi) is 7.05. The topological polar surface area (TPSA) is 134 Å². The molecule has 0 bridgehead atoms. The first kappa shape index (κ1) is 29.1. The van der Waals surface area contributed by atoms with E-state index in [1.54, 1.807) is 23.1 Å². The second-order valence-corrected chi connectivity index (χ2v) is 11.9. The van der Waals surface area contributed by atoms with E-state index in [4.69, 9.17) is 10.4 Å². The Morgan fingerprint density at radius 1 is 1.09 bits per heavy atom. The van der Waals surface area contributed by atoms with E-state index >= 15 is 0 Å². The summed E-state index contributed by atoms with van der Waals surface area (Å²) >= 11 is 0. The number of hydrogen-bond donors (Lipinski definition) is 2. The van der Waals surface area contributed by atoms with Crippen LogP contribution in [0.3, 0.4) is 0 Å².